The lowest BCUT2D eigenvalue weighted by Gasteiger charge is -2.16. The van der Waals surface area contributed by atoms with Crippen molar-refractivity contribution in [3.8, 4) is 0 Å². The summed E-state index contributed by atoms with van der Waals surface area (Å²) in [5.41, 5.74) is 0. The minimum absolute atomic E-state index is 0.0128. The van der Waals surface area contributed by atoms with E-state index in [4.69, 9.17) is 0 Å². The maximum atomic E-state index is 12.0. The smallest absolute Gasteiger partial charge is 0.162 e. The molecule has 1 saturated heterocycles. The van der Waals surface area contributed by atoms with Crippen LogP contribution in [0.4, 0.5) is 0 Å². The van der Waals surface area contributed by atoms with Gasteiger partial charge in [0.15, 0.2) is 5.78 Å². The highest BCUT2D eigenvalue weighted by molar-refractivity contribution is 5.83. The molecule has 2 N–H and O–H groups in total. The molecule has 1 fully saturated rings. The third-order valence-corrected chi connectivity index (χ3v) is 5.84. The van der Waals surface area contributed by atoms with Crippen molar-refractivity contribution in [1.82, 2.24) is 5.32 Å². The van der Waals surface area contributed by atoms with E-state index in [1.165, 1.54) is 83.5 Å². The van der Waals surface area contributed by atoms with E-state index in [-0.39, 0.29) is 11.8 Å². The van der Waals surface area contributed by atoms with Crippen molar-refractivity contribution in [2.45, 2.75) is 135 Å². The van der Waals surface area contributed by atoms with Crippen LogP contribution in [0.2, 0.25) is 0 Å². The summed E-state index contributed by atoms with van der Waals surface area (Å²) in [5, 5.41) is 13.2. The first kappa shape index (κ1) is 23.6. The highest BCUT2D eigenvalue weighted by Gasteiger charge is 2.27. The van der Waals surface area contributed by atoms with Gasteiger partial charge in [0.2, 0.25) is 0 Å². The summed E-state index contributed by atoms with van der Waals surface area (Å²) in [4.78, 5) is 12.0. The minimum atomic E-state index is -0.774. The average molecular weight is 368 g/mol. The molecule has 0 aromatic rings. The van der Waals surface area contributed by atoms with Crippen LogP contribution in [0.25, 0.3) is 0 Å². The summed E-state index contributed by atoms with van der Waals surface area (Å²) in [6.07, 6.45) is 21.8. The molecule has 0 aliphatic carbocycles. The standard InChI is InChI=1S/C23H45NO2/c1-2-3-4-5-6-7-8-9-10-11-12-13-14-15-16-19-22(25)23(26)21-18-17-20-24-21/h21,23-24,26H,2-20H2,1H3/t21-,23?/m0/s1. The maximum Gasteiger partial charge on any atom is 0.162 e. The molecule has 1 unspecified atom stereocenters. The Bertz CT molecular complexity index is 326. The van der Waals surface area contributed by atoms with Crippen LogP contribution in [-0.4, -0.2) is 29.6 Å². The van der Waals surface area contributed by atoms with Crippen LogP contribution in [0, 0.1) is 0 Å². The first-order valence-corrected chi connectivity index (χ1v) is 11.7. The van der Waals surface area contributed by atoms with Crippen LogP contribution in [0.5, 0.6) is 0 Å². The third kappa shape index (κ3) is 12.1. The predicted octanol–water partition coefficient (Wildman–Crippen LogP) is 5.93. The number of hydrogen-bond acceptors (Lipinski definition) is 3. The van der Waals surface area contributed by atoms with Gasteiger partial charge in [-0.15, -0.1) is 0 Å². The summed E-state index contributed by atoms with van der Waals surface area (Å²) in [6, 6.07) is 0.0128. The van der Waals surface area contributed by atoms with E-state index in [0.29, 0.717) is 6.42 Å². The van der Waals surface area contributed by atoms with Gasteiger partial charge in [0.25, 0.3) is 0 Å². The number of carbonyl (C=O) groups is 1. The second-order valence-electron chi connectivity index (χ2n) is 8.31. The number of ketones is 1. The van der Waals surface area contributed by atoms with Crippen molar-refractivity contribution in [1.29, 1.82) is 0 Å². The van der Waals surface area contributed by atoms with E-state index in [9.17, 15) is 9.90 Å². The van der Waals surface area contributed by atoms with E-state index < -0.39 is 6.10 Å². The Morgan fingerprint density at radius 1 is 0.846 bits per heavy atom. The predicted molar refractivity (Wildman–Crippen MR) is 112 cm³/mol. The molecule has 1 aliphatic rings. The van der Waals surface area contributed by atoms with Crippen molar-refractivity contribution in [3.05, 3.63) is 0 Å². The molecule has 3 heteroatoms. The summed E-state index contributed by atoms with van der Waals surface area (Å²) in [7, 11) is 0. The Morgan fingerprint density at radius 3 is 1.73 bits per heavy atom. The van der Waals surface area contributed by atoms with E-state index in [1.54, 1.807) is 0 Å². The lowest BCUT2D eigenvalue weighted by molar-refractivity contribution is -0.128. The lowest BCUT2D eigenvalue weighted by Crippen LogP contribution is -2.40. The number of aliphatic hydroxyl groups excluding tert-OH is 1. The van der Waals surface area contributed by atoms with Crippen LogP contribution < -0.4 is 5.32 Å². The van der Waals surface area contributed by atoms with Gasteiger partial charge in [-0.2, -0.15) is 0 Å². The Hall–Kier alpha value is -0.410. The Morgan fingerprint density at radius 2 is 1.31 bits per heavy atom. The summed E-state index contributed by atoms with van der Waals surface area (Å²) >= 11 is 0. The lowest BCUT2D eigenvalue weighted by atomic mass is 10.00. The molecule has 1 heterocycles. The van der Waals surface area contributed by atoms with Crippen molar-refractivity contribution in [2.75, 3.05) is 6.54 Å². The number of nitrogens with one attached hydrogen (secondary N) is 1. The normalized spacial score (nSPS) is 18.3. The van der Waals surface area contributed by atoms with Crippen molar-refractivity contribution in [2.24, 2.45) is 0 Å². The average Bonchev–Trinajstić information content (AvgIpc) is 3.18. The van der Waals surface area contributed by atoms with Gasteiger partial charge >= 0.3 is 0 Å². The van der Waals surface area contributed by atoms with Gasteiger partial charge in [0.1, 0.15) is 6.10 Å². The molecule has 0 aromatic carbocycles. The molecule has 26 heavy (non-hydrogen) atoms. The van der Waals surface area contributed by atoms with E-state index >= 15 is 0 Å². The zero-order valence-electron chi connectivity index (χ0n) is 17.4. The van der Waals surface area contributed by atoms with Gasteiger partial charge < -0.3 is 10.4 Å². The monoisotopic (exact) mass is 367 g/mol. The molecule has 1 rings (SSSR count). The molecular weight excluding hydrogens is 322 g/mol. The molecule has 0 amide bonds. The second-order valence-corrected chi connectivity index (χ2v) is 8.31. The van der Waals surface area contributed by atoms with Gasteiger partial charge in [-0.25, -0.2) is 0 Å². The fraction of sp³-hybridized carbons (Fsp3) is 0.957. The molecule has 0 aromatic heterocycles. The van der Waals surface area contributed by atoms with Gasteiger partial charge in [0, 0.05) is 12.5 Å². The van der Waals surface area contributed by atoms with E-state index in [2.05, 4.69) is 12.2 Å². The van der Waals surface area contributed by atoms with Crippen molar-refractivity contribution < 1.29 is 9.90 Å². The topological polar surface area (TPSA) is 49.3 Å². The summed E-state index contributed by atoms with van der Waals surface area (Å²) in [5.74, 6) is 0.0408. The first-order chi connectivity index (χ1) is 12.8. The van der Waals surface area contributed by atoms with Crippen LogP contribution in [-0.2, 0) is 4.79 Å². The number of Topliss-reactive ketones (excluding diaryl/α,β-unsaturated/α-hetero) is 1. The van der Waals surface area contributed by atoms with Crippen LogP contribution >= 0.6 is 0 Å². The minimum Gasteiger partial charge on any atom is -0.384 e. The maximum absolute atomic E-state index is 12.0. The molecule has 3 nitrogen and oxygen atoms in total. The summed E-state index contributed by atoms with van der Waals surface area (Å²) < 4.78 is 0. The molecule has 1 aliphatic heterocycles. The van der Waals surface area contributed by atoms with Crippen LogP contribution in [0.3, 0.4) is 0 Å². The largest absolute Gasteiger partial charge is 0.384 e. The third-order valence-electron chi connectivity index (χ3n) is 5.84. The van der Waals surface area contributed by atoms with Crippen molar-refractivity contribution >= 4 is 5.78 Å². The number of hydrogen-bond donors (Lipinski definition) is 2. The molecule has 0 radical (unpaired) electrons. The number of rotatable bonds is 18. The Labute approximate surface area is 162 Å². The quantitative estimate of drug-likeness (QED) is 0.295. The van der Waals surface area contributed by atoms with Crippen LogP contribution in [0.15, 0.2) is 0 Å². The van der Waals surface area contributed by atoms with Crippen LogP contribution in [0.1, 0.15) is 122 Å². The molecule has 2 atom stereocenters. The highest BCUT2D eigenvalue weighted by atomic mass is 16.3. The van der Waals surface area contributed by atoms with Gasteiger partial charge in [-0.05, 0) is 25.8 Å². The Kier molecular flexibility index (Phi) is 15.2. The fourth-order valence-electron chi connectivity index (χ4n) is 4.02. The second kappa shape index (κ2) is 16.7. The number of carbonyl (C=O) groups excluding carboxylic acids is 1. The van der Waals surface area contributed by atoms with Gasteiger partial charge in [-0.1, -0.05) is 96.8 Å². The van der Waals surface area contributed by atoms with Gasteiger partial charge in [-0.3, -0.25) is 4.79 Å². The van der Waals surface area contributed by atoms with Gasteiger partial charge in [0.05, 0.1) is 0 Å². The zero-order valence-corrected chi connectivity index (χ0v) is 17.4. The fourth-order valence-corrected chi connectivity index (χ4v) is 4.02. The number of aliphatic hydroxyl groups is 1. The van der Waals surface area contributed by atoms with Crippen molar-refractivity contribution in [3.63, 3.8) is 0 Å². The molecule has 0 saturated carbocycles. The molecule has 0 spiro atoms. The Balaban J connectivity index is 1.77. The molecular formula is C23H45NO2. The SMILES string of the molecule is CCCCCCCCCCCCCCCCCC(=O)C(O)[C@@H]1CCCN1. The first-order valence-electron chi connectivity index (χ1n) is 11.7. The molecule has 154 valence electrons. The molecule has 0 bridgehead atoms. The number of unbranched alkanes of at least 4 members (excludes halogenated alkanes) is 14. The highest BCUT2D eigenvalue weighted by Crippen LogP contribution is 2.15. The summed E-state index contributed by atoms with van der Waals surface area (Å²) in [6.45, 7) is 3.22. The van der Waals surface area contributed by atoms with E-state index in [0.717, 1.165) is 32.2 Å². The van der Waals surface area contributed by atoms with E-state index in [1.807, 2.05) is 0 Å². The zero-order chi connectivity index (χ0) is 18.9.